The van der Waals surface area contributed by atoms with Crippen molar-refractivity contribution in [3.63, 3.8) is 0 Å². The van der Waals surface area contributed by atoms with Gasteiger partial charge in [0.2, 0.25) is 0 Å². The predicted molar refractivity (Wildman–Crippen MR) is 107 cm³/mol. The highest BCUT2D eigenvalue weighted by atomic mass is 32.1. The molecule has 0 aromatic carbocycles. The lowest BCUT2D eigenvalue weighted by molar-refractivity contribution is -0.149. The van der Waals surface area contributed by atoms with E-state index in [1.807, 2.05) is 11.8 Å². The molecule has 27 heavy (non-hydrogen) atoms. The summed E-state index contributed by atoms with van der Waals surface area (Å²) in [4.78, 5) is 28.6. The number of amides is 1. The van der Waals surface area contributed by atoms with Crippen LogP contribution in [-0.2, 0) is 16.1 Å². The third-order valence-electron chi connectivity index (χ3n) is 5.93. The summed E-state index contributed by atoms with van der Waals surface area (Å²) >= 11 is 1.75. The number of hydrogen-bond donors (Lipinski definition) is 0. The number of aromatic nitrogens is 1. The van der Waals surface area contributed by atoms with Crippen molar-refractivity contribution < 1.29 is 14.3 Å². The van der Waals surface area contributed by atoms with Crippen LogP contribution < -0.4 is 0 Å². The summed E-state index contributed by atoms with van der Waals surface area (Å²) in [6.07, 6.45) is 5.47. The van der Waals surface area contributed by atoms with E-state index >= 15 is 0 Å². The zero-order chi connectivity index (χ0) is 19.0. The number of fused-ring (bicyclic) bond motifs is 1. The molecule has 0 spiro atoms. The summed E-state index contributed by atoms with van der Waals surface area (Å²) in [6.45, 7) is 6.45. The van der Waals surface area contributed by atoms with Gasteiger partial charge in [0.25, 0.3) is 5.91 Å². The summed E-state index contributed by atoms with van der Waals surface area (Å²) in [5.74, 6) is 0.378. The SMILES string of the molecule is CCOC(=O)[C@@H]1CCCN(C(=O)c2cc3sc(C)cc3n2CC2CCC2)C1. The second kappa shape index (κ2) is 7.66. The average molecular weight is 389 g/mol. The first-order valence-corrected chi connectivity index (χ1v) is 10.9. The molecule has 2 aliphatic rings. The van der Waals surface area contributed by atoms with Gasteiger partial charge in [-0.15, -0.1) is 11.3 Å². The zero-order valence-corrected chi connectivity index (χ0v) is 17.0. The Morgan fingerprint density at radius 2 is 2.04 bits per heavy atom. The van der Waals surface area contributed by atoms with E-state index in [1.54, 1.807) is 11.3 Å². The lowest BCUT2D eigenvalue weighted by Gasteiger charge is -2.32. The van der Waals surface area contributed by atoms with Crippen LogP contribution in [0.15, 0.2) is 12.1 Å². The molecule has 2 aromatic heterocycles. The molecule has 146 valence electrons. The van der Waals surface area contributed by atoms with Gasteiger partial charge in [0, 0.05) is 24.5 Å². The zero-order valence-electron chi connectivity index (χ0n) is 16.2. The number of carbonyl (C=O) groups is 2. The molecule has 0 radical (unpaired) electrons. The number of rotatable bonds is 5. The van der Waals surface area contributed by atoms with E-state index in [0.29, 0.717) is 19.1 Å². The molecule has 1 aliphatic heterocycles. The summed E-state index contributed by atoms with van der Waals surface area (Å²) in [6, 6.07) is 4.26. The monoisotopic (exact) mass is 388 g/mol. The Hall–Kier alpha value is -1.82. The van der Waals surface area contributed by atoms with Crippen LogP contribution in [0.25, 0.3) is 10.2 Å². The Morgan fingerprint density at radius 3 is 2.74 bits per heavy atom. The van der Waals surface area contributed by atoms with Crippen molar-refractivity contribution in [3.8, 4) is 0 Å². The first-order valence-electron chi connectivity index (χ1n) is 10.1. The fraction of sp³-hybridized carbons (Fsp3) is 0.619. The molecular formula is C21H28N2O3S. The lowest BCUT2D eigenvalue weighted by Crippen LogP contribution is -2.43. The Balaban J connectivity index is 1.58. The molecule has 1 atom stereocenters. The van der Waals surface area contributed by atoms with Gasteiger partial charge in [0.1, 0.15) is 5.69 Å². The van der Waals surface area contributed by atoms with Crippen molar-refractivity contribution in [2.45, 2.75) is 52.5 Å². The van der Waals surface area contributed by atoms with Crippen molar-refractivity contribution >= 4 is 33.4 Å². The Labute approximate surface area is 164 Å². The summed E-state index contributed by atoms with van der Waals surface area (Å²) in [5, 5.41) is 0. The molecule has 0 unspecified atom stereocenters. The van der Waals surface area contributed by atoms with Gasteiger partial charge in [0.15, 0.2) is 0 Å². The quantitative estimate of drug-likeness (QED) is 0.721. The first-order chi connectivity index (χ1) is 13.1. The molecule has 1 amide bonds. The second-order valence-electron chi connectivity index (χ2n) is 7.89. The number of thiophene rings is 1. The van der Waals surface area contributed by atoms with E-state index < -0.39 is 0 Å². The predicted octanol–water partition coefficient (Wildman–Crippen LogP) is 4.23. The van der Waals surface area contributed by atoms with Crippen LogP contribution in [0.3, 0.4) is 0 Å². The number of aryl methyl sites for hydroxylation is 1. The molecule has 1 saturated heterocycles. The van der Waals surface area contributed by atoms with Crippen LogP contribution in [0.2, 0.25) is 0 Å². The fourth-order valence-corrected chi connectivity index (χ4v) is 5.21. The number of hydrogen-bond acceptors (Lipinski definition) is 4. The fourth-order valence-electron chi connectivity index (χ4n) is 4.25. The van der Waals surface area contributed by atoms with Gasteiger partial charge >= 0.3 is 5.97 Å². The number of likely N-dealkylation sites (tertiary alicyclic amines) is 1. The highest BCUT2D eigenvalue weighted by Crippen LogP contribution is 2.34. The summed E-state index contributed by atoms with van der Waals surface area (Å²) in [7, 11) is 0. The smallest absolute Gasteiger partial charge is 0.310 e. The van der Waals surface area contributed by atoms with Crippen molar-refractivity contribution in [1.29, 1.82) is 0 Å². The van der Waals surface area contributed by atoms with Crippen molar-refractivity contribution in [2.75, 3.05) is 19.7 Å². The van der Waals surface area contributed by atoms with Crippen LogP contribution in [0.4, 0.5) is 0 Å². The standard InChI is InChI=1S/C21H28N2O3S/c1-3-26-21(25)16-8-5-9-22(13-16)20(24)18-11-19-17(10-14(2)27-19)23(18)12-15-6-4-7-15/h10-11,15-16H,3-9,12-13H2,1-2H3/t16-/m1/s1. The van der Waals surface area contributed by atoms with E-state index in [-0.39, 0.29) is 17.8 Å². The van der Waals surface area contributed by atoms with E-state index in [4.69, 9.17) is 4.74 Å². The van der Waals surface area contributed by atoms with Gasteiger partial charge < -0.3 is 14.2 Å². The van der Waals surface area contributed by atoms with E-state index in [1.165, 1.54) is 34.4 Å². The molecule has 5 nitrogen and oxygen atoms in total. The maximum atomic E-state index is 13.3. The molecule has 3 heterocycles. The molecule has 4 rings (SSSR count). The summed E-state index contributed by atoms with van der Waals surface area (Å²) < 4.78 is 8.61. The van der Waals surface area contributed by atoms with E-state index in [9.17, 15) is 9.59 Å². The molecule has 6 heteroatoms. The van der Waals surface area contributed by atoms with Crippen LogP contribution in [0, 0.1) is 18.8 Å². The maximum Gasteiger partial charge on any atom is 0.310 e. The second-order valence-corrected chi connectivity index (χ2v) is 9.17. The Morgan fingerprint density at radius 1 is 1.22 bits per heavy atom. The Bertz CT molecular complexity index is 849. The summed E-state index contributed by atoms with van der Waals surface area (Å²) in [5.41, 5.74) is 1.97. The van der Waals surface area contributed by atoms with E-state index in [0.717, 1.165) is 31.6 Å². The minimum absolute atomic E-state index is 0.0596. The normalized spacial score (nSPS) is 20.7. The van der Waals surface area contributed by atoms with Crippen molar-refractivity contribution in [2.24, 2.45) is 11.8 Å². The van der Waals surface area contributed by atoms with E-state index in [2.05, 4.69) is 23.6 Å². The lowest BCUT2D eigenvalue weighted by atomic mass is 9.85. The third kappa shape index (κ3) is 3.64. The van der Waals surface area contributed by atoms with Crippen LogP contribution in [-0.4, -0.2) is 41.0 Å². The topological polar surface area (TPSA) is 51.5 Å². The molecular weight excluding hydrogens is 360 g/mol. The highest BCUT2D eigenvalue weighted by molar-refractivity contribution is 7.19. The highest BCUT2D eigenvalue weighted by Gasteiger charge is 2.32. The van der Waals surface area contributed by atoms with Gasteiger partial charge in [-0.2, -0.15) is 0 Å². The number of carbonyl (C=O) groups excluding carboxylic acids is 2. The van der Waals surface area contributed by atoms with Crippen molar-refractivity contribution in [1.82, 2.24) is 9.47 Å². The first kappa shape index (κ1) is 18.5. The van der Waals surface area contributed by atoms with Gasteiger partial charge in [-0.3, -0.25) is 9.59 Å². The number of piperidine rings is 1. The molecule has 0 bridgehead atoms. The third-order valence-corrected chi connectivity index (χ3v) is 6.91. The minimum Gasteiger partial charge on any atom is -0.466 e. The van der Waals surface area contributed by atoms with Gasteiger partial charge in [-0.05, 0) is 57.6 Å². The van der Waals surface area contributed by atoms with Crippen molar-refractivity contribution in [3.05, 3.63) is 22.7 Å². The van der Waals surface area contributed by atoms with Crippen LogP contribution >= 0.6 is 11.3 Å². The van der Waals surface area contributed by atoms with Gasteiger partial charge in [-0.1, -0.05) is 6.42 Å². The molecule has 1 aliphatic carbocycles. The van der Waals surface area contributed by atoms with Crippen LogP contribution in [0.5, 0.6) is 0 Å². The molecule has 2 aromatic rings. The van der Waals surface area contributed by atoms with Gasteiger partial charge in [-0.25, -0.2) is 0 Å². The molecule has 0 N–H and O–H groups in total. The van der Waals surface area contributed by atoms with Gasteiger partial charge in [0.05, 0.1) is 22.7 Å². The maximum absolute atomic E-state index is 13.3. The minimum atomic E-state index is -0.193. The number of nitrogens with zero attached hydrogens (tertiary/aromatic N) is 2. The number of esters is 1. The Kier molecular flexibility index (Phi) is 5.26. The van der Waals surface area contributed by atoms with Crippen LogP contribution in [0.1, 0.15) is 54.4 Å². The number of ether oxygens (including phenoxy) is 1. The molecule has 2 fully saturated rings. The largest absolute Gasteiger partial charge is 0.466 e. The average Bonchev–Trinajstić information content (AvgIpc) is 3.14. The molecule has 1 saturated carbocycles.